The number of hydrogen-bond acceptors (Lipinski definition) is 2. The molecule has 0 saturated carbocycles. The number of aryl methyl sites for hydroxylation is 1. The van der Waals surface area contributed by atoms with Crippen molar-refractivity contribution in [1.82, 2.24) is 5.32 Å². The lowest BCUT2D eigenvalue weighted by Gasteiger charge is -2.29. The summed E-state index contributed by atoms with van der Waals surface area (Å²) in [5.74, 6) is 0. The maximum absolute atomic E-state index is 12.1. The zero-order valence-corrected chi connectivity index (χ0v) is 10.9. The van der Waals surface area contributed by atoms with Crippen LogP contribution in [0.1, 0.15) is 31.7 Å². The molecule has 1 aliphatic heterocycles. The number of urea groups is 1. The number of benzene rings is 1. The van der Waals surface area contributed by atoms with E-state index in [1.165, 1.54) is 5.56 Å². The van der Waals surface area contributed by atoms with Gasteiger partial charge in [-0.05, 0) is 43.0 Å². The zero-order chi connectivity index (χ0) is 13.0. The minimum atomic E-state index is 0.00849. The van der Waals surface area contributed by atoms with Crippen molar-refractivity contribution < 1.29 is 4.79 Å². The average Bonchev–Trinajstić information content (AvgIpc) is 2.37. The highest BCUT2D eigenvalue weighted by Gasteiger charge is 2.21. The van der Waals surface area contributed by atoms with Crippen molar-refractivity contribution in [2.75, 3.05) is 23.7 Å². The Bertz CT molecular complexity index is 431. The van der Waals surface area contributed by atoms with E-state index < -0.39 is 0 Å². The number of rotatable bonds is 3. The summed E-state index contributed by atoms with van der Waals surface area (Å²) in [7, 11) is 0. The Kier molecular flexibility index (Phi) is 4.07. The van der Waals surface area contributed by atoms with Crippen molar-refractivity contribution >= 4 is 17.4 Å². The van der Waals surface area contributed by atoms with Crippen LogP contribution >= 0.6 is 0 Å². The number of hydrogen-bond donors (Lipinski definition) is 2. The largest absolute Gasteiger partial charge is 0.399 e. The summed E-state index contributed by atoms with van der Waals surface area (Å²) in [5, 5.41) is 2.96. The van der Waals surface area contributed by atoms with Crippen LogP contribution < -0.4 is 16.0 Å². The smallest absolute Gasteiger partial charge is 0.321 e. The Labute approximate surface area is 108 Å². The van der Waals surface area contributed by atoms with Crippen molar-refractivity contribution in [2.45, 2.75) is 32.6 Å². The maximum atomic E-state index is 12.1. The molecule has 2 rings (SSSR count). The fourth-order valence-electron chi connectivity index (χ4n) is 2.30. The normalized spacial score (nSPS) is 14.2. The lowest BCUT2D eigenvalue weighted by Crippen LogP contribution is -2.43. The van der Waals surface area contributed by atoms with Gasteiger partial charge in [-0.25, -0.2) is 4.79 Å². The number of unbranched alkanes of at least 4 members (excludes halogenated alkanes) is 1. The second kappa shape index (κ2) is 5.76. The van der Waals surface area contributed by atoms with E-state index in [1.807, 2.05) is 23.1 Å². The SMILES string of the molecule is CCCCNC(=O)N1CCCc2cc(N)ccc21. The molecular weight excluding hydrogens is 226 g/mol. The molecular formula is C14H21N3O. The number of nitrogens with zero attached hydrogens (tertiary/aromatic N) is 1. The molecule has 1 aromatic rings. The molecule has 4 nitrogen and oxygen atoms in total. The molecule has 0 radical (unpaired) electrons. The van der Waals surface area contributed by atoms with E-state index in [0.717, 1.165) is 50.1 Å². The van der Waals surface area contributed by atoms with Crippen molar-refractivity contribution in [2.24, 2.45) is 0 Å². The van der Waals surface area contributed by atoms with Gasteiger partial charge in [-0.15, -0.1) is 0 Å². The Morgan fingerprint density at radius 3 is 3.11 bits per heavy atom. The van der Waals surface area contributed by atoms with Crippen LogP contribution in [-0.4, -0.2) is 19.1 Å². The van der Waals surface area contributed by atoms with Gasteiger partial charge >= 0.3 is 6.03 Å². The monoisotopic (exact) mass is 247 g/mol. The van der Waals surface area contributed by atoms with Crippen LogP contribution in [0.15, 0.2) is 18.2 Å². The van der Waals surface area contributed by atoms with Crippen molar-refractivity contribution in [3.63, 3.8) is 0 Å². The van der Waals surface area contributed by atoms with Gasteiger partial charge in [0.1, 0.15) is 0 Å². The number of carbonyl (C=O) groups excluding carboxylic acids is 1. The van der Waals surface area contributed by atoms with E-state index in [9.17, 15) is 4.79 Å². The van der Waals surface area contributed by atoms with Gasteiger partial charge in [-0.2, -0.15) is 0 Å². The topological polar surface area (TPSA) is 58.4 Å². The highest BCUT2D eigenvalue weighted by molar-refractivity contribution is 5.93. The minimum absolute atomic E-state index is 0.00849. The first-order valence-corrected chi connectivity index (χ1v) is 6.66. The van der Waals surface area contributed by atoms with E-state index in [4.69, 9.17) is 5.73 Å². The van der Waals surface area contributed by atoms with E-state index in [-0.39, 0.29) is 6.03 Å². The summed E-state index contributed by atoms with van der Waals surface area (Å²) in [5.41, 5.74) is 8.73. The molecule has 4 heteroatoms. The van der Waals surface area contributed by atoms with Gasteiger partial charge in [0.05, 0.1) is 0 Å². The lowest BCUT2D eigenvalue weighted by molar-refractivity contribution is 0.245. The third kappa shape index (κ3) is 2.75. The second-order valence-electron chi connectivity index (χ2n) is 4.73. The fourth-order valence-corrected chi connectivity index (χ4v) is 2.30. The van der Waals surface area contributed by atoms with Gasteiger partial charge < -0.3 is 11.1 Å². The van der Waals surface area contributed by atoms with Gasteiger partial charge in [-0.3, -0.25) is 4.90 Å². The molecule has 0 saturated heterocycles. The summed E-state index contributed by atoms with van der Waals surface area (Å²) in [4.78, 5) is 13.9. The molecule has 3 N–H and O–H groups in total. The van der Waals surface area contributed by atoms with E-state index in [1.54, 1.807) is 0 Å². The lowest BCUT2D eigenvalue weighted by atomic mass is 10.0. The van der Waals surface area contributed by atoms with E-state index >= 15 is 0 Å². The zero-order valence-electron chi connectivity index (χ0n) is 10.9. The Balaban J connectivity index is 2.09. The molecule has 0 bridgehead atoms. The number of nitrogen functional groups attached to an aromatic ring is 1. The molecule has 18 heavy (non-hydrogen) atoms. The molecule has 1 aromatic carbocycles. The van der Waals surface area contributed by atoms with Crippen LogP contribution in [0, 0.1) is 0 Å². The van der Waals surface area contributed by atoms with Crippen LogP contribution in [-0.2, 0) is 6.42 Å². The molecule has 1 heterocycles. The number of amides is 2. The summed E-state index contributed by atoms with van der Waals surface area (Å²) < 4.78 is 0. The van der Waals surface area contributed by atoms with Crippen LogP contribution in [0.4, 0.5) is 16.2 Å². The molecule has 1 aliphatic rings. The number of carbonyl (C=O) groups is 1. The Hall–Kier alpha value is -1.71. The molecule has 2 amide bonds. The molecule has 0 fully saturated rings. The Morgan fingerprint density at radius 1 is 1.50 bits per heavy atom. The summed E-state index contributed by atoms with van der Waals surface area (Å²) in [6, 6.07) is 5.79. The predicted octanol–water partition coefficient (Wildman–Crippen LogP) is 2.53. The van der Waals surface area contributed by atoms with Gasteiger partial charge in [-0.1, -0.05) is 13.3 Å². The van der Waals surface area contributed by atoms with Crippen LogP contribution in [0.3, 0.4) is 0 Å². The van der Waals surface area contributed by atoms with E-state index in [2.05, 4.69) is 12.2 Å². The quantitative estimate of drug-likeness (QED) is 0.637. The summed E-state index contributed by atoms with van der Waals surface area (Å²) >= 11 is 0. The van der Waals surface area contributed by atoms with E-state index in [0.29, 0.717) is 0 Å². The number of nitrogens with two attached hydrogens (primary N) is 1. The first-order valence-electron chi connectivity index (χ1n) is 6.66. The molecule has 0 aliphatic carbocycles. The molecule has 0 spiro atoms. The number of nitrogens with one attached hydrogen (secondary N) is 1. The van der Waals surface area contributed by atoms with Gasteiger partial charge in [0.25, 0.3) is 0 Å². The number of fused-ring (bicyclic) bond motifs is 1. The summed E-state index contributed by atoms with van der Waals surface area (Å²) in [6.45, 7) is 3.65. The highest BCUT2D eigenvalue weighted by Crippen LogP contribution is 2.28. The number of anilines is 2. The van der Waals surface area contributed by atoms with Crippen molar-refractivity contribution in [3.8, 4) is 0 Å². The van der Waals surface area contributed by atoms with Gasteiger partial charge in [0.2, 0.25) is 0 Å². The molecule has 0 atom stereocenters. The third-order valence-electron chi connectivity index (χ3n) is 3.27. The first kappa shape index (κ1) is 12.7. The molecule has 98 valence electrons. The highest BCUT2D eigenvalue weighted by atomic mass is 16.2. The molecule has 0 unspecified atom stereocenters. The third-order valence-corrected chi connectivity index (χ3v) is 3.27. The van der Waals surface area contributed by atoms with Crippen molar-refractivity contribution in [1.29, 1.82) is 0 Å². The van der Waals surface area contributed by atoms with Gasteiger partial charge in [0.15, 0.2) is 0 Å². The van der Waals surface area contributed by atoms with Crippen LogP contribution in [0.25, 0.3) is 0 Å². The van der Waals surface area contributed by atoms with Crippen molar-refractivity contribution in [3.05, 3.63) is 23.8 Å². The van der Waals surface area contributed by atoms with Crippen LogP contribution in [0.5, 0.6) is 0 Å². The van der Waals surface area contributed by atoms with Crippen LogP contribution in [0.2, 0.25) is 0 Å². The average molecular weight is 247 g/mol. The Morgan fingerprint density at radius 2 is 2.33 bits per heavy atom. The molecule has 0 aromatic heterocycles. The maximum Gasteiger partial charge on any atom is 0.321 e. The fraction of sp³-hybridized carbons (Fsp3) is 0.500. The first-order chi connectivity index (χ1) is 8.72. The second-order valence-corrected chi connectivity index (χ2v) is 4.73. The van der Waals surface area contributed by atoms with Gasteiger partial charge in [0, 0.05) is 24.5 Å². The predicted molar refractivity (Wildman–Crippen MR) is 74.8 cm³/mol. The minimum Gasteiger partial charge on any atom is -0.399 e. The standard InChI is InChI=1S/C14H21N3O/c1-2-3-8-16-14(18)17-9-4-5-11-10-12(15)6-7-13(11)17/h6-7,10H,2-5,8-9,15H2,1H3,(H,16,18). The summed E-state index contributed by atoms with van der Waals surface area (Å²) in [6.07, 6.45) is 4.11.